The summed E-state index contributed by atoms with van der Waals surface area (Å²) >= 11 is 3.40. The predicted molar refractivity (Wildman–Crippen MR) is 78.2 cm³/mol. The van der Waals surface area contributed by atoms with Gasteiger partial charge in [-0.2, -0.15) is 0 Å². The molecule has 0 aliphatic carbocycles. The molecule has 0 aromatic heterocycles. The van der Waals surface area contributed by atoms with Crippen molar-refractivity contribution in [3.63, 3.8) is 0 Å². The summed E-state index contributed by atoms with van der Waals surface area (Å²) in [6.45, 7) is 3.46. The van der Waals surface area contributed by atoms with Crippen molar-refractivity contribution in [1.82, 2.24) is 0 Å². The van der Waals surface area contributed by atoms with Crippen molar-refractivity contribution < 1.29 is 9.53 Å². The van der Waals surface area contributed by atoms with E-state index in [1.54, 1.807) is 13.8 Å². The van der Waals surface area contributed by atoms with E-state index in [0.717, 1.165) is 15.8 Å². The first kappa shape index (κ1) is 15.0. The number of anilines is 2. The molecule has 0 bridgehead atoms. The molecule has 0 saturated carbocycles. The molecule has 0 aliphatic heterocycles. The summed E-state index contributed by atoms with van der Waals surface area (Å²) in [4.78, 5) is 14.0. The van der Waals surface area contributed by atoms with Crippen LogP contribution in [0.4, 0.5) is 11.4 Å². The molecule has 4 nitrogen and oxygen atoms in total. The van der Waals surface area contributed by atoms with E-state index in [1.807, 2.05) is 37.2 Å². The van der Waals surface area contributed by atoms with E-state index in [-0.39, 0.29) is 5.91 Å². The first-order chi connectivity index (χ1) is 8.27. The highest BCUT2D eigenvalue weighted by Crippen LogP contribution is 2.28. The van der Waals surface area contributed by atoms with Crippen molar-refractivity contribution in [2.75, 3.05) is 31.4 Å². The van der Waals surface area contributed by atoms with Crippen molar-refractivity contribution in [3.8, 4) is 0 Å². The van der Waals surface area contributed by atoms with E-state index in [1.165, 1.54) is 7.11 Å². The first-order valence-electron chi connectivity index (χ1n) is 5.61. The molecule has 0 saturated heterocycles. The van der Waals surface area contributed by atoms with E-state index < -0.39 is 5.60 Å². The average molecular weight is 315 g/mol. The Morgan fingerprint density at radius 3 is 2.50 bits per heavy atom. The van der Waals surface area contributed by atoms with Gasteiger partial charge in [0, 0.05) is 25.7 Å². The topological polar surface area (TPSA) is 41.6 Å². The molecule has 5 heteroatoms. The molecule has 0 radical (unpaired) electrons. The lowest BCUT2D eigenvalue weighted by atomic mass is 10.1. The highest BCUT2D eigenvalue weighted by molar-refractivity contribution is 9.10. The molecule has 100 valence electrons. The summed E-state index contributed by atoms with van der Waals surface area (Å²) < 4.78 is 6.08. The molecule has 0 fully saturated rings. The maximum absolute atomic E-state index is 12.1. The lowest BCUT2D eigenvalue weighted by Gasteiger charge is -2.24. The van der Waals surface area contributed by atoms with Crippen LogP contribution >= 0.6 is 15.9 Å². The van der Waals surface area contributed by atoms with Gasteiger partial charge in [0.25, 0.3) is 5.91 Å². The van der Waals surface area contributed by atoms with Gasteiger partial charge in [0.05, 0.1) is 11.4 Å². The number of carbonyl (C=O) groups excluding carboxylic acids is 1. The molecule has 0 unspecified atom stereocenters. The Labute approximate surface area is 116 Å². The van der Waals surface area contributed by atoms with Crippen LogP contribution in [0.5, 0.6) is 0 Å². The number of halogens is 1. The Hall–Kier alpha value is -1.07. The summed E-state index contributed by atoms with van der Waals surface area (Å²) in [5.74, 6) is -0.175. The van der Waals surface area contributed by atoms with Gasteiger partial charge in [-0.3, -0.25) is 4.79 Å². The maximum Gasteiger partial charge on any atom is 0.256 e. The molecule has 0 atom stereocenters. The lowest BCUT2D eigenvalue weighted by Crippen LogP contribution is -2.39. The molecule has 1 aromatic carbocycles. The van der Waals surface area contributed by atoms with Crippen molar-refractivity contribution >= 4 is 33.2 Å². The highest BCUT2D eigenvalue weighted by Gasteiger charge is 2.27. The zero-order chi connectivity index (χ0) is 13.9. The number of hydrogen-bond acceptors (Lipinski definition) is 3. The van der Waals surface area contributed by atoms with E-state index in [0.29, 0.717) is 0 Å². The number of amides is 1. The van der Waals surface area contributed by atoms with Gasteiger partial charge in [-0.05, 0) is 32.0 Å². The summed E-state index contributed by atoms with van der Waals surface area (Å²) in [6, 6.07) is 5.75. The number of carbonyl (C=O) groups is 1. The molecule has 1 N–H and O–H groups in total. The minimum absolute atomic E-state index is 0.175. The van der Waals surface area contributed by atoms with Crippen LogP contribution in [-0.2, 0) is 9.53 Å². The van der Waals surface area contributed by atoms with Gasteiger partial charge in [-0.15, -0.1) is 0 Å². The molecule has 0 spiro atoms. The third-order valence-corrected chi connectivity index (χ3v) is 3.24. The Bertz CT molecular complexity index is 445. The highest BCUT2D eigenvalue weighted by atomic mass is 79.9. The van der Waals surface area contributed by atoms with Crippen molar-refractivity contribution in [1.29, 1.82) is 0 Å². The molecular formula is C13H19BrN2O2. The average Bonchev–Trinajstić information content (AvgIpc) is 2.28. The molecule has 0 aliphatic rings. The molecule has 1 amide bonds. The van der Waals surface area contributed by atoms with Crippen LogP contribution in [0.15, 0.2) is 22.7 Å². The third-order valence-electron chi connectivity index (χ3n) is 2.75. The molecule has 1 aromatic rings. The maximum atomic E-state index is 12.1. The summed E-state index contributed by atoms with van der Waals surface area (Å²) in [5, 5.41) is 2.89. The van der Waals surface area contributed by atoms with Crippen LogP contribution in [0.3, 0.4) is 0 Å². The second-order valence-electron chi connectivity index (χ2n) is 4.72. The number of rotatable bonds is 4. The Morgan fingerprint density at radius 2 is 2.00 bits per heavy atom. The van der Waals surface area contributed by atoms with Gasteiger partial charge in [-0.25, -0.2) is 0 Å². The minimum atomic E-state index is -0.855. The molecule has 0 heterocycles. The van der Waals surface area contributed by atoms with Gasteiger partial charge in [0.15, 0.2) is 0 Å². The standard InChI is InChI=1S/C13H19BrN2O2/c1-13(2,18-5)12(17)15-10-8-9(14)6-7-11(10)16(3)4/h6-8H,1-5H3,(H,15,17). The fourth-order valence-corrected chi connectivity index (χ4v) is 1.72. The number of hydrogen-bond donors (Lipinski definition) is 1. The molecular weight excluding hydrogens is 296 g/mol. The van der Waals surface area contributed by atoms with Crippen LogP contribution in [0.2, 0.25) is 0 Å². The fourth-order valence-electron chi connectivity index (χ4n) is 1.36. The fraction of sp³-hybridized carbons (Fsp3) is 0.462. The number of benzene rings is 1. The third kappa shape index (κ3) is 3.46. The van der Waals surface area contributed by atoms with E-state index in [2.05, 4.69) is 21.2 Å². The monoisotopic (exact) mass is 314 g/mol. The number of methoxy groups -OCH3 is 1. The SMILES string of the molecule is COC(C)(C)C(=O)Nc1cc(Br)ccc1N(C)C. The van der Waals surface area contributed by atoms with Gasteiger partial charge in [-0.1, -0.05) is 15.9 Å². The minimum Gasteiger partial charge on any atom is -0.376 e. The van der Waals surface area contributed by atoms with Crippen LogP contribution in [0.1, 0.15) is 13.8 Å². The summed E-state index contributed by atoms with van der Waals surface area (Å²) in [5.41, 5.74) is 0.842. The number of nitrogens with zero attached hydrogens (tertiary/aromatic N) is 1. The van der Waals surface area contributed by atoms with E-state index in [4.69, 9.17) is 4.74 Å². The second kappa shape index (κ2) is 5.71. The van der Waals surface area contributed by atoms with Crippen LogP contribution in [0, 0.1) is 0 Å². The largest absolute Gasteiger partial charge is 0.376 e. The molecule has 1 rings (SSSR count). The second-order valence-corrected chi connectivity index (χ2v) is 5.64. The van der Waals surface area contributed by atoms with Crippen molar-refractivity contribution in [2.45, 2.75) is 19.4 Å². The smallest absolute Gasteiger partial charge is 0.256 e. The van der Waals surface area contributed by atoms with Gasteiger partial charge >= 0.3 is 0 Å². The Morgan fingerprint density at radius 1 is 1.39 bits per heavy atom. The number of ether oxygens (including phenoxy) is 1. The van der Waals surface area contributed by atoms with Gasteiger partial charge < -0.3 is 15.0 Å². The van der Waals surface area contributed by atoms with Gasteiger partial charge in [0.1, 0.15) is 5.60 Å². The van der Waals surface area contributed by atoms with Crippen molar-refractivity contribution in [2.24, 2.45) is 0 Å². The zero-order valence-electron chi connectivity index (χ0n) is 11.4. The first-order valence-corrected chi connectivity index (χ1v) is 6.40. The zero-order valence-corrected chi connectivity index (χ0v) is 13.0. The normalized spacial score (nSPS) is 11.2. The van der Waals surface area contributed by atoms with Crippen LogP contribution < -0.4 is 10.2 Å². The van der Waals surface area contributed by atoms with E-state index >= 15 is 0 Å². The van der Waals surface area contributed by atoms with Crippen LogP contribution in [-0.4, -0.2) is 32.7 Å². The Balaban J connectivity index is 3.03. The lowest BCUT2D eigenvalue weighted by molar-refractivity contribution is -0.133. The summed E-state index contributed by atoms with van der Waals surface area (Å²) in [6.07, 6.45) is 0. The van der Waals surface area contributed by atoms with E-state index in [9.17, 15) is 4.79 Å². The Kier molecular flexibility index (Phi) is 4.76. The van der Waals surface area contributed by atoms with Crippen molar-refractivity contribution in [3.05, 3.63) is 22.7 Å². The molecule has 18 heavy (non-hydrogen) atoms. The van der Waals surface area contributed by atoms with Gasteiger partial charge in [0.2, 0.25) is 0 Å². The quantitative estimate of drug-likeness (QED) is 0.929. The number of nitrogens with one attached hydrogen (secondary N) is 1. The summed E-state index contributed by atoms with van der Waals surface area (Å²) in [7, 11) is 5.38. The predicted octanol–water partition coefficient (Wildman–Crippen LogP) is 2.88. The van der Waals surface area contributed by atoms with Crippen LogP contribution in [0.25, 0.3) is 0 Å².